The number of furan rings is 1. The van der Waals surface area contributed by atoms with Crippen LogP contribution in [0.1, 0.15) is 48.7 Å². The van der Waals surface area contributed by atoms with E-state index in [2.05, 4.69) is 29.7 Å². The third kappa shape index (κ3) is 3.11. The molecular formula is C20H24N2O2. The van der Waals surface area contributed by atoms with Gasteiger partial charge in [-0.15, -0.1) is 0 Å². The molecule has 0 spiro atoms. The average Bonchev–Trinajstić information content (AvgIpc) is 3.22. The second kappa shape index (κ2) is 6.44. The topological polar surface area (TPSA) is 54.3 Å². The first-order valence-electron chi connectivity index (χ1n) is 8.97. The normalized spacial score (nSPS) is 25.6. The Morgan fingerprint density at radius 3 is 2.50 bits per heavy atom. The lowest BCUT2D eigenvalue weighted by molar-refractivity contribution is 0.0896. The van der Waals surface area contributed by atoms with Crippen LogP contribution < -0.4 is 10.6 Å². The monoisotopic (exact) mass is 324 g/mol. The summed E-state index contributed by atoms with van der Waals surface area (Å²) in [6.45, 7) is 2.14. The summed E-state index contributed by atoms with van der Waals surface area (Å²) in [6.07, 6.45) is 5.53. The van der Waals surface area contributed by atoms with Crippen LogP contribution in [-0.4, -0.2) is 24.0 Å². The highest BCUT2D eigenvalue weighted by molar-refractivity contribution is 5.92. The molecule has 1 aromatic carbocycles. The molecule has 0 aliphatic carbocycles. The molecule has 3 heterocycles. The molecule has 2 unspecified atom stereocenters. The molecule has 4 nitrogen and oxygen atoms in total. The number of carbonyl (C=O) groups excluding carboxylic acids is 1. The number of aryl methyl sites for hydroxylation is 1. The summed E-state index contributed by atoms with van der Waals surface area (Å²) < 4.78 is 5.79. The zero-order valence-corrected chi connectivity index (χ0v) is 14.0. The van der Waals surface area contributed by atoms with Crippen LogP contribution in [0.25, 0.3) is 11.3 Å². The molecule has 24 heavy (non-hydrogen) atoms. The summed E-state index contributed by atoms with van der Waals surface area (Å²) in [6, 6.07) is 13.3. The van der Waals surface area contributed by atoms with Crippen LogP contribution in [0.15, 0.2) is 40.8 Å². The zero-order valence-electron chi connectivity index (χ0n) is 14.0. The van der Waals surface area contributed by atoms with Gasteiger partial charge in [0.15, 0.2) is 5.76 Å². The molecule has 2 aliphatic heterocycles. The maximum absolute atomic E-state index is 12.5. The van der Waals surface area contributed by atoms with Gasteiger partial charge in [0, 0.05) is 23.7 Å². The predicted octanol–water partition coefficient (Wildman–Crippen LogP) is 3.52. The van der Waals surface area contributed by atoms with Gasteiger partial charge in [-0.2, -0.15) is 0 Å². The number of fused-ring (bicyclic) bond motifs is 2. The van der Waals surface area contributed by atoms with Crippen LogP contribution in [0, 0.1) is 0 Å². The van der Waals surface area contributed by atoms with Gasteiger partial charge >= 0.3 is 0 Å². The molecule has 2 aromatic rings. The molecule has 0 radical (unpaired) electrons. The van der Waals surface area contributed by atoms with Crippen LogP contribution in [0.3, 0.4) is 0 Å². The number of nitrogens with one attached hydrogen (secondary N) is 2. The lowest BCUT2D eigenvalue weighted by Crippen LogP contribution is -2.47. The van der Waals surface area contributed by atoms with Crippen molar-refractivity contribution in [2.45, 2.75) is 57.2 Å². The quantitative estimate of drug-likeness (QED) is 0.905. The fourth-order valence-corrected chi connectivity index (χ4v) is 3.95. The van der Waals surface area contributed by atoms with E-state index in [1.165, 1.54) is 18.4 Å². The van der Waals surface area contributed by atoms with E-state index in [1.807, 2.05) is 18.2 Å². The van der Waals surface area contributed by atoms with Crippen LogP contribution >= 0.6 is 0 Å². The number of hydrogen-bond acceptors (Lipinski definition) is 3. The van der Waals surface area contributed by atoms with Crippen molar-refractivity contribution >= 4 is 5.91 Å². The Balaban J connectivity index is 1.42. The van der Waals surface area contributed by atoms with Gasteiger partial charge in [-0.05, 0) is 49.8 Å². The lowest BCUT2D eigenvalue weighted by atomic mass is 10.00. The lowest BCUT2D eigenvalue weighted by Gasteiger charge is -2.29. The maximum atomic E-state index is 12.5. The van der Waals surface area contributed by atoms with E-state index >= 15 is 0 Å². The standard InChI is InChI=1S/C20H24N2O2/c1-2-13-3-5-14(6-4-13)18-9-10-19(24-18)20(23)22-17-11-15-7-8-16(12-17)21-15/h3-6,9-10,15-17,21H,2,7-8,11-12H2,1H3,(H,22,23). The molecule has 2 bridgehead atoms. The first-order chi connectivity index (χ1) is 11.7. The first kappa shape index (κ1) is 15.5. The maximum Gasteiger partial charge on any atom is 0.287 e. The van der Waals surface area contributed by atoms with E-state index in [1.54, 1.807) is 6.07 Å². The van der Waals surface area contributed by atoms with Crippen molar-refractivity contribution in [1.82, 2.24) is 10.6 Å². The molecule has 2 N–H and O–H groups in total. The van der Waals surface area contributed by atoms with Crippen molar-refractivity contribution in [3.8, 4) is 11.3 Å². The molecule has 126 valence electrons. The number of rotatable bonds is 4. The van der Waals surface area contributed by atoms with E-state index < -0.39 is 0 Å². The number of carbonyl (C=O) groups is 1. The number of piperidine rings is 1. The SMILES string of the molecule is CCc1ccc(-c2ccc(C(=O)NC3CC4CCC(C3)N4)o2)cc1. The summed E-state index contributed by atoms with van der Waals surface area (Å²) in [5.41, 5.74) is 2.30. The summed E-state index contributed by atoms with van der Waals surface area (Å²) in [7, 11) is 0. The smallest absolute Gasteiger partial charge is 0.287 e. The third-order valence-electron chi connectivity index (χ3n) is 5.28. The van der Waals surface area contributed by atoms with E-state index in [9.17, 15) is 4.79 Å². The minimum atomic E-state index is -0.0993. The van der Waals surface area contributed by atoms with Gasteiger partial charge < -0.3 is 15.1 Å². The molecule has 2 fully saturated rings. The van der Waals surface area contributed by atoms with Crippen molar-refractivity contribution in [2.24, 2.45) is 0 Å². The number of benzene rings is 1. The second-order valence-corrected chi connectivity index (χ2v) is 6.99. The highest BCUT2D eigenvalue weighted by Crippen LogP contribution is 2.27. The van der Waals surface area contributed by atoms with Crippen LogP contribution in [0.4, 0.5) is 0 Å². The number of amides is 1. The van der Waals surface area contributed by atoms with Crippen LogP contribution in [0.5, 0.6) is 0 Å². The highest BCUT2D eigenvalue weighted by atomic mass is 16.3. The summed E-state index contributed by atoms with van der Waals surface area (Å²) in [5.74, 6) is 1.04. The molecule has 4 heteroatoms. The van der Waals surface area contributed by atoms with Gasteiger partial charge in [-0.1, -0.05) is 31.2 Å². The van der Waals surface area contributed by atoms with Crippen molar-refractivity contribution in [2.75, 3.05) is 0 Å². The van der Waals surface area contributed by atoms with Gasteiger partial charge in [0.2, 0.25) is 0 Å². The number of hydrogen-bond donors (Lipinski definition) is 2. The van der Waals surface area contributed by atoms with E-state index in [0.717, 1.165) is 30.6 Å². The minimum absolute atomic E-state index is 0.0993. The zero-order chi connectivity index (χ0) is 16.5. The Morgan fingerprint density at radius 1 is 1.12 bits per heavy atom. The molecular weight excluding hydrogens is 300 g/mol. The Kier molecular flexibility index (Phi) is 4.15. The predicted molar refractivity (Wildman–Crippen MR) is 94.0 cm³/mol. The van der Waals surface area contributed by atoms with Crippen molar-refractivity contribution in [3.05, 3.63) is 47.7 Å². The highest BCUT2D eigenvalue weighted by Gasteiger charge is 2.34. The van der Waals surface area contributed by atoms with Crippen molar-refractivity contribution in [1.29, 1.82) is 0 Å². The second-order valence-electron chi connectivity index (χ2n) is 6.99. The Hall–Kier alpha value is -2.07. The van der Waals surface area contributed by atoms with Gasteiger partial charge in [-0.25, -0.2) is 0 Å². The van der Waals surface area contributed by atoms with Crippen LogP contribution in [-0.2, 0) is 6.42 Å². The first-order valence-corrected chi connectivity index (χ1v) is 8.97. The molecule has 2 saturated heterocycles. The third-order valence-corrected chi connectivity index (χ3v) is 5.28. The van der Waals surface area contributed by atoms with Gasteiger partial charge in [0.05, 0.1) is 0 Å². The fourth-order valence-electron chi connectivity index (χ4n) is 3.95. The molecule has 0 saturated carbocycles. The molecule has 2 atom stereocenters. The summed E-state index contributed by atoms with van der Waals surface area (Å²) in [5, 5.41) is 6.74. The molecule has 1 aromatic heterocycles. The van der Waals surface area contributed by atoms with Gasteiger partial charge in [-0.3, -0.25) is 4.79 Å². The Morgan fingerprint density at radius 2 is 1.83 bits per heavy atom. The average molecular weight is 324 g/mol. The largest absolute Gasteiger partial charge is 0.451 e. The Labute approximate surface area is 142 Å². The van der Waals surface area contributed by atoms with Gasteiger partial charge in [0.1, 0.15) is 5.76 Å². The van der Waals surface area contributed by atoms with Crippen molar-refractivity contribution < 1.29 is 9.21 Å². The minimum Gasteiger partial charge on any atom is -0.451 e. The summed E-state index contributed by atoms with van der Waals surface area (Å²) in [4.78, 5) is 12.5. The summed E-state index contributed by atoms with van der Waals surface area (Å²) >= 11 is 0. The van der Waals surface area contributed by atoms with Crippen LogP contribution in [0.2, 0.25) is 0 Å². The molecule has 1 amide bonds. The fraction of sp³-hybridized carbons (Fsp3) is 0.450. The molecule has 4 rings (SSSR count). The van der Waals surface area contributed by atoms with E-state index in [0.29, 0.717) is 17.8 Å². The Bertz CT molecular complexity index is 707. The molecule has 2 aliphatic rings. The van der Waals surface area contributed by atoms with Crippen molar-refractivity contribution in [3.63, 3.8) is 0 Å². The van der Waals surface area contributed by atoms with Gasteiger partial charge in [0.25, 0.3) is 5.91 Å². The van der Waals surface area contributed by atoms with E-state index in [4.69, 9.17) is 4.42 Å². The van der Waals surface area contributed by atoms with E-state index in [-0.39, 0.29) is 11.9 Å².